The van der Waals surface area contributed by atoms with Crippen LogP contribution in [0.2, 0.25) is 0 Å². The molecule has 0 radical (unpaired) electrons. The quantitative estimate of drug-likeness (QED) is 0.542. The second kappa shape index (κ2) is 8.88. The number of rotatable bonds is 8. The third-order valence-corrected chi connectivity index (χ3v) is 3.92. The molecule has 0 unspecified atom stereocenters. The molecule has 0 aliphatic carbocycles. The molecule has 0 saturated heterocycles. The first kappa shape index (κ1) is 20.0. The monoisotopic (exact) mass is 374 g/mol. The van der Waals surface area contributed by atoms with Crippen molar-refractivity contribution >= 4 is 17.7 Å². The van der Waals surface area contributed by atoms with Gasteiger partial charge in [-0.05, 0) is 38.1 Å². The van der Waals surface area contributed by atoms with Crippen LogP contribution in [0.1, 0.15) is 46.3 Å². The predicted octanol–water partition coefficient (Wildman–Crippen LogP) is 2.27. The van der Waals surface area contributed by atoms with Crippen LogP contribution < -0.4 is 14.8 Å². The fourth-order valence-electron chi connectivity index (χ4n) is 2.46. The molecule has 1 aromatic carbocycles. The fourth-order valence-corrected chi connectivity index (χ4v) is 2.46. The standard InChI is InChI=1S/C19H22N2O6/c1-11(15-8-14(25-3)5-6-17(15)26-4)21-18(23)10-27-19(24)16-7-13(9-20-16)12(2)22/h5-9,11,20H,10H2,1-4H3,(H,21,23)/t11-/m0/s1. The smallest absolute Gasteiger partial charge is 0.355 e. The van der Waals surface area contributed by atoms with E-state index in [1.54, 1.807) is 32.2 Å². The Bertz CT molecular complexity index is 842. The van der Waals surface area contributed by atoms with Gasteiger partial charge in [0.1, 0.15) is 17.2 Å². The Morgan fingerprint density at radius 1 is 1.15 bits per heavy atom. The summed E-state index contributed by atoms with van der Waals surface area (Å²) in [4.78, 5) is 37.9. The molecule has 0 fully saturated rings. The molecule has 1 heterocycles. The van der Waals surface area contributed by atoms with Crippen LogP contribution in [-0.4, -0.2) is 43.5 Å². The molecule has 1 amide bonds. The third kappa shape index (κ3) is 5.10. The summed E-state index contributed by atoms with van der Waals surface area (Å²) in [5.41, 5.74) is 1.20. The van der Waals surface area contributed by atoms with Gasteiger partial charge in [0.25, 0.3) is 5.91 Å². The number of methoxy groups -OCH3 is 2. The van der Waals surface area contributed by atoms with E-state index in [1.165, 1.54) is 26.3 Å². The molecule has 0 aliphatic heterocycles. The van der Waals surface area contributed by atoms with E-state index >= 15 is 0 Å². The molecule has 0 aliphatic rings. The summed E-state index contributed by atoms with van der Waals surface area (Å²) >= 11 is 0. The van der Waals surface area contributed by atoms with E-state index in [0.717, 1.165) is 5.56 Å². The van der Waals surface area contributed by atoms with E-state index < -0.39 is 24.5 Å². The summed E-state index contributed by atoms with van der Waals surface area (Å²) in [6.45, 7) is 2.71. The molecule has 144 valence electrons. The average Bonchev–Trinajstić information content (AvgIpc) is 3.16. The van der Waals surface area contributed by atoms with Gasteiger partial charge in [-0.15, -0.1) is 0 Å². The van der Waals surface area contributed by atoms with Crippen molar-refractivity contribution in [3.05, 3.63) is 47.3 Å². The number of carbonyl (C=O) groups excluding carboxylic acids is 3. The Labute approximate surface area is 156 Å². The molecule has 2 N–H and O–H groups in total. The van der Waals surface area contributed by atoms with Gasteiger partial charge in [0.05, 0.1) is 20.3 Å². The molecule has 1 aromatic heterocycles. The van der Waals surface area contributed by atoms with Crippen LogP contribution in [0, 0.1) is 0 Å². The van der Waals surface area contributed by atoms with Gasteiger partial charge in [-0.25, -0.2) is 4.79 Å². The second-order valence-corrected chi connectivity index (χ2v) is 5.83. The summed E-state index contributed by atoms with van der Waals surface area (Å²) in [5, 5.41) is 2.74. The number of esters is 1. The maximum atomic E-state index is 12.1. The van der Waals surface area contributed by atoms with Crippen LogP contribution in [-0.2, 0) is 9.53 Å². The molecule has 2 rings (SSSR count). The Balaban J connectivity index is 1.95. The van der Waals surface area contributed by atoms with Crippen LogP contribution in [0.15, 0.2) is 30.5 Å². The van der Waals surface area contributed by atoms with Crippen LogP contribution >= 0.6 is 0 Å². The zero-order valence-corrected chi connectivity index (χ0v) is 15.6. The van der Waals surface area contributed by atoms with Crippen LogP contribution in [0.5, 0.6) is 11.5 Å². The van der Waals surface area contributed by atoms with E-state index in [2.05, 4.69) is 10.3 Å². The molecule has 8 nitrogen and oxygen atoms in total. The molecular formula is C19H22N2O6. The lowest BCUT2D eigenvalue weighted by Crippen LogP contribution is -2.31. The molecule has 0 bridgehead atoms. The third-order valence-electron chi connectivity index (χ3n) is 3.92. The van der Waals surface area contributed by atoms with Crippen molar-refractivity contribution in [2.75, 3.05) is 20.8 Å². The zero-order chi connectivity index (χ0) is 20.0. The topological polar surface area (TPSA) is 107 Å². The zero-order valence-electron chi connectivity index (χ0n) is 15.6. The number of aromatic amines is 1. The number of carbonyl (C=O) groups is 3. The lowest BCUT2D eigenvalue weighted by atomic mass is 10.1. The van der Waals surface area contributed by atoms with Crippen LogP contribution in [0.4, 0.5) is 0 Å². The average molecular weight is 374 g/mol. The maximum absolute atomic E-state index is 12.1. The fraction of sp³-hybridized carbons (Fsp3) is 0.316. The summed E-state index contributed by atoms with van der Waals surface area (Å²) in [6, 6.07) is 6.25. The minimum atomic E-state index is -0.718. The summed E-state index contributed by atoms with van der Waals surface area (Å²) < 4.78 is 15.5. The Hall–Kier alpha value is -3.29. The van der Waals surface area contributed by atoms with Gasteiger partial charge in [-0.1, -0.05) is 0 Å². The highest BCUT2D eigenvalue weighted by molar-refractivity contribution is 5.97. The van der Waals surface area contributed by atoms with E-state index in [1.807, 2.05) is 0 Å². The minimum Gasteiger partial charge on any atom is -0.497 e. The molecule has 0 spiro atoms. The van der Waals surface area contributed by atoms with E-state index in [9.17, 15) is 14.4 Å². The second-order valence-electron chi connectivity index (χ2n) is 5.83. The van der Waals surface area contributed by atoms with Crippen molar-refractivity contribution in [2.24, 2.45) is 0 Å². The summed E-state index contributed by atoms with van der Waals surface area (Å²) in [7, 11) is 3.08. The van der Waals surface area contributed by atoms with Crippen molar-refractivity contribution < 1.29 is 28.6 Å². The molecule has 0 saturated carbocycles. The van der Waals surface area contributed by atoms with Crippen LogP contribution in [0.25, 0.3) is 0 Å². The van der Waals surface area contributed by atoms with Crippen molar-refractivity contribution in [1.82, 2.24) is 10.3 Å². The summed E-state index contributed by atoms with van der Waals surface area (Å²) in [5.74, 6) is -0.137. The van der Waals surface area contributed by atoms with Gasteiger partial charge < -0.3 is 24.5 Å². The highest BCUT2D eigenvalue weighted by atomic mass is 16.5. The van der Waals surface area contributed by atoms with Crippen molar-refractivity contribution in [2.45, 2.75) is 19.9 Å². The molecular weight excluding hydrogens is 352 g/mol. The molecule has 27 heavy (non-hydrogen) atoms. The van der Waals surface area contributed by atoms with Gasteiger partial charge in [0, 0.05) is 17.3 Å². The van der Waals surface area contributed by atoms with Crippen molar-refractivity contribution in [3.63, 3.8) is 0 Å². The Kier molecular flexibility index (Phi) is 6.59. The van der Waals surface area contributed by atoms with E-state index in [4.69, 9.17) is 14.2 Å². The highest BCUT2D eigenvalue weighted by Gasteiger charge is 2.18. The first-order valence-corrected chi connectivity index (χ1v) is 8.23. The van der Waals surface area contributed by atoms with Gasteiger partial charge in [-0.2, -0.15) is 0 Å². The van der Waals surface area contributed by atoms with E-state index in [0.29, 0.717) is 17.1 Å². The lowest BCUT2D eigenvalue weighted by Gasteiger charge is -2.18. The van der Waals surface area contributed by atoms with E-state index in [-0.39, 0.29) is 11.5 Å². The number of amides is 1. The normalized spacial score (nSPS) is 11.4. The molecule has 8 heteroatoms. The maximum Gasteiger partial charge on any atom is 0.355 e. The Morgan fingerprint density at radius 2 is 1.89 bits per heavy atom. The number of hydrogen-bond donors (Lipinski definition) is 2. The number of hydrogen-bond acceptors (Lipinski definition) is 6. The van der Waals surface area contributed by atoms with Crippen molar-refractivity contribution in [3.8, 4) is 11.5 Å². The van der Waals surface area contributed by atoms with Gasteiger partial charge in [0.2, 0.25) is 0 Å². The van der Waals surface area contributed by atoms with Crippen molar-refractivity contribution in [1.29, 1.82) is 0 Å². The first-order valence-electron chi connectivity index (χ1n) is 8.23. The molecule has 2 aromatic rings. The molecule has 1 atom stereocenters. The Morgan fingerprint density at radius 3 is 2.48 bits per heavy atom. The number of aromatic nitrogens is 1. The number of ether oxygens (including phenoxy) is 3. The SMILES string of the molecule is COc1ccc(OC)c([C@H](C)NC(=O)COC(=O)c2cc(C(C)=O)c[nH]2)c1. The highest BCUT2D eigenvalue weighted by Crippen LogP contribution is 2.29. The number of ketones is 1. The van der Waals surface area contributed by atoms with Gasteiger partial charge in [0.15, 0.2) is 12.4 Å². The lowest BCUT2D eigenvalue weighted by molar-refractivity contribution is -0.124. The number of benzene rings is 1. The van der Waals surface area contributed by atoms with Gasteiger partial charge in [-0.3, -0.25) is 9.59 Å². The van der Waals surface area contributed by atoms with Crippen LogP contribution in [0.3, 0.4) is 0 Å². The first-order chi connectivity index (χ1) is 12.8. The minimum absolute atomic E-state index is 0.107. The van der Waals surface area contributed by atoms with Gasteiger partial charge >= 0.3 is 5.97 Å². The number of Topliss-reactive ketones (excluding diaryl/α,β-unsaturated/α-hetero) is 1. The number of nitrogens with one attached hydrogen (secondary N) is 2. The predicted molar refractivity (Wildman–Crippen MR) is 97.2 cm³/mol. The number of H-pyrrole nitrogens is 1. The summed E-state index contributed by atoms with van der Waals surface area (Å²) in [6.07, 6.45) is 1.41. The largest absolute Gasteiger partial charge is 0.497 e.